The van der Waals surface area contributed by atoms with Crippen LogP contribution in [0.5, 0.6) is 0 Å². The molecule has 0 heterocycles. The van der Waals surface area contributed by atoms with Crippen LogP contribution in [0, 0.1) is 10.7 Å². The Labute approximate surface area is 109 Å². The fraction of sp³-hybridized carbons (Fsp3) is 0. The van der Waals surface area contributed by atoms with E-state index in [1.165, 1.54) is 0 Å². The predicted octanol–water partition coefficient (Wildman–Crippen LogP) is 3.51. The molecule has 0 unspecified atom stereocenters. The third-order valence-corrected chi connectivity index (χ3v) is 2.99. The first-order chi connectivity index (χ1) is 8.81. The Kier molecular flexibility index (Phi) is 4.00. The van der Waals surface area contributed by atoms with E-state index in [1.54, 1.807) is 24.3 Å². The van der Waals surface area contributed by atoms with Gasteiger partial charge in [0.2, 0.25) is 0 Å². The van der Waals surface area contributed by atoms with Crippen LogP contribution in [0.15, 0.2) is 59.5 Å². The van der Waals surface area contributed by atoms with Gasteiger partial charge < -0.3 is 5.32 Å². The number of rotatable bonds is 3. The van der Waals surface area contributed by atoms with E-state index in [2.05, 4.69) is 5.32 Å². The lowest BCUT2D eigenvalue weighted by atomic mass is 10.2. The van der Waals surface area contributed by atoms with Gasteiger partial charge >= 0.3 is 0 Å². The van der Waals surface area contributed by atoms with Crippen molar-refractivity contribution in [2.75, 3.05) is 5.32 Å². The Hall–Kier alpha value is -2.25. The number of thiocyanates is 1. The summed E-state index contributed by atoms with van der Waals surface area (Å²) < 4.78 is 0. The molecule has 0 aliphatic carbocycles. The van der Waals surface area contributed by atoms with Gasteiger partial charge in [-0.3, -0.25) is 4.79 Å². The summed E-state index contributed by atoms with van der Waals surface area (Å²) in [5.41, 5.74) is 1.24. The number of thioether (sulfide) groups is 1. The highest BCUT2D eigenvalue weighted by Crippen LogP contribution is 2.22. The first kappa shape index (κ1) is 12.2. The summed E-state index contributed by atoms with van der Waals surface area (Å²) in [7, 11) is 0. The molecule has 3 nitrogen and oxygen atoms in total. The number of anilines is 1. The molecule has 2 aromatic carbocycles. The van der Waals surface area contributed by atoms with Crippen LogP contribution in [0.1, 0.15) is 10.4 Å². The Bertz CT molecular complexity index is 590. The maximum absolute atomic E-state index is 12.1. The van der Waals surface area contributed by atoms with Crippen LogP contribution in [-0.2, 0) is 0 Å². The molecule has 0 bridgehead atoms. The van der Waals surface area contributed by atoms with E-state index in [1.807, 2.05) is 35.7 Å². The van der Waals surface area contributed by atoms with E-state index in [-0.39, 0.29) is 5.91 Å². The Morgan fingerprint density at radius 1 is 1.06 bits per heavy atom. The van der Waals surface area contributed by atoms with Crippen molar-refractivity contribution in [3.05, 3.63) is 60.2 Å². The molecule has 18 heavy (non-hydrogen) atoms. The highest BCUT2D eigenvalue weighted by molar-refractivity contribution is 8.03. The van der Waals surface area contributed by atoms with E-state index in [9.17, 15) is 4.79 Å². The van der Waals surface area contributed by atoms with Gasteiger partial charge in [-0.1, -0.05) is 30.3 Å². The van der Waals surface area contributed by atoms with Gasteiger partial charge in [0, 0.05) is 10.6 Å². The van der Waals surface area contributed by atoms with Gasteiger partial charge in [0.25, 0.3) is 5.91 Å². The number of hydrogen-bond donors (Lipinski definition) is 1. The lowest BCUT2D eigenvalue weighted by molar-refractivity contribution is 0.102. The summed E-state index contributed by atoms with van der Waals surface area (Å²) in [5, 5.41) is 13.5. The van der Waals surface area contributed by atoms with Gasteiger partial charge in [0.05, 0.1) is 5.56 Å². The average molecular weight is 254 g/mol. The molecule has 0 aliphatic rings. The van der Waals surface area contributed by atoms with Crippen molar-refractivity contribution in [2.24, 2.45) is 0 Å². The smallest absolute Gasteiger partial charge is 0.256 e. The van der Waals surface area contributed by atoms with E-state index in [0.29, 0.717) is 10.5 Å². The SMILES string of the molecule is N#CSc1ccccc1C(=O)Nc1ccccc1. The molecule has 0 spiro atoms. The van der Waals surface area contributed by atoms with Crippen LogP contribution < -0.4 is 5.32 Å². The van der Waals surface area contributed by atoms with Gasteiger partial charge in [-0.25, -0.2) is 0 Å². The van der Waals surface area contributed by atoms with Crippen molar-refractivity contribution in [3.8, 4) is 5.40 Å². The minimum absolute atomic E-state index is 0.209. The summed E-state index contributed by atoms with van der Waals surface area (Å²) >= 11 is 0.986. The first-order valence-corrected chi connectivity index (χ1v) is 6.14. The molecule has 4 heteroatoms. The molecule has 1 amide bonds. The molecule has 2 rings (SSSR count). The highest BCUT2D eigenvalue weighted by atomic mass is 32.2. The number of nitrogens with one attached hydrogen (secondary N) is 1. The van der Waals surface area contributed by atoms with Crippen molar-refractivity contribution in [2.45, 2.75) is 4.90 Å². The van der Waals surface area contributed by atoms with Crippen LogP contribution in [0.3, 0.4) is 0 Å². The fourth-order valence-corrected chi connectivity index (χ4v) is 2.03. The zero-order valence-corrected chi connectivity index (χ0v) is 10.3. The number of hydrogen-bond acceptors (Lipinski definition) is 3. The second-order valence-electron chi connectivity index (χ2n) is 3.51. The van der Waals surface area contributed by atoms with Crippen LogP contribution in [0.4, 0.5) is 5.69 Å². The molecule has 0 fully saturated rings. The fourth-order valence-electron chi connectivity index (χ4n) is 1.51. The Balaban J connectivity index is 2.22. The normalized spacial score (nSPS) is 9.50. The minimum atomic E-state index is -0.209. The van der Waals surface area contributed by atoms with Crippen molar-refractivity contribution >= 4 is 23.4 Å². The summed E-state index contributed by atoms with van der Waals surface area (Å²) in [6.45, 7) is 0. The lowest BCUT2D eigenvalue weighted by Gasteiger charge is -2.07. The Morgan fingerprint density at radius 2 is 1.72 bits per heavy atom. The van der Waals surface area contributed by atoms with Gasteiger partial charge in [-0.05, 0) is 36.0 Å². The van der Waals surface area contributed by atoms with Gasteiger partial charge in [-0.2, -0.15) is 5.26 Å². The van der Waals surface area contributed by atoms with E-state index in [0.717, 1.165) is 17.4 Å². The van der Waals surface area contributed by atoms with Crippen molar-refractivity contribution in [1.29, 1.82) is 5.26 Å². The van der Waals surface area contributed by atoms with Crippen LogP contribution >= 0.6 is 11.8 Å². The molecule has 2 aromatic rings. The van der Waals surface area contributed by atoms with Crippen LogP contribution in [0.25, 0.3) is 0 Å². The molecule has 0 atom stereocenters. The largest absolute Gasteiger partial charge is 0.322 e. The second-order valence-corrected chi connectivity index (χ2v) is 4.34. The number of nitrogens with zero attached hydrogens (tertiary/aromatic N) is 1. The minimum Gasteiger partial charge on any atom is -0.322 e. The van der Waals surface area contributed by atoms with Crippen LogP contribution in [0.2, 0.25) is 0 Å². The lowest BCUT2D eigenvalue weighted by Crippen LogP contribution is -2.12. The van der Waals surface area contributed by atoms with Gasteiger partial charge in [0.15, 0.2) is 0 Å². The summed E-state index contributed by atoms with van der Waals surface area (Å²) in [6, 6.07) is 16.3. The summed E-state index contributed by atoms with van der Waals surface area (Å²) in [6.07, 6.45) is 0. The van der Waals surface area contributed by atoms with Crippen molar-refractivity contribution in [3.63, 3.8) is 0 Å². The number of nitriles is 1. The number of carbonyl (C=O) groups is 1. The maximum atomic E-state index is 12.1. The molecular formula is C14H10N2OS. The quantitative estimate of drug-likeness (QED) is 0.673. The van der Waals surface area contributed by atoms with Gasteiger partial charge in [0.1, 0.15) is 5.40 Å². The third kappa shape index (κ3) is 2.90. The Morgan fingerprint density at radius 3 is 2.44 bits per heavy atom. The summed E-state index contributed by atoms with van der Waals surface area (Å²) in [4.78, 5) is 12.7. The number of para-hydroxylation sites is 1. The zero-order valence-electron chi connectivity index (χ0n) is 9.46. The van der Waals surface area contributed by atoms with E-state index in [4.69, 9.17) is 5.26 Å². The van der Waals surface area contributed by atoms with Crippen molar-refractivity contribution in [1.82, 2.24) is 0 Å². The topological polar surface area (TPSA) is 52.9 Å². The number of amides is 1. The first-order valence-electron chi connectivity index (χ1n) is 5.32. The standard InChI is InChI=1S/C14H10N2OS/c15-10-18-13-9-5-4-8-12(13)14(17)16-11-6-2-1-3-7-11/h1-9H,(H,16,17). The maximum Gasteiger partial charge on any atom is 0.256 e. The molecule has 88 valence electrons. The second kappa shape index (κ2) is 5.89. The predicted molar refractivity (Wildman–Crippen MR) is 72.3 cm³/mol. The average Bonchev–Trinajstić information content (AvgIpc) is 2.41. The molecule has 0 radical (unpaired) electrons. The monoisotopic (exact) mass is 254 g/mol. The van der Waals surface area contributed by atoms with Gasteiger partial charge in [-0.15, -0.1) is 0 Å². The molecule has 0 aromatic heterocycles. The number of carbonyl (C=O) groups excluding carboxylic acids is 1. The summed E-state index contributed by atoms with van der Waals surface area (Å²) in [5.74, 6) is -0.209. The molecular weight excluding hydrogens is 244 g/mol. The molecule has 0 saturated heterocycles. The van der Waals surface area contributed by atoms with E-state index < -0.39 is 0 Å². The zero-order chi connectivity index (χ0) is 12.8. The molecule has 1 N–H and O–H groups in total. The van der Waals surface area contributed by atoms with E-state index >= 15 is 0 Å². The third-order valence-electron chi connectivity index (χ3n) is 2.32. The molecule has 0 saturated carbocycles. The number of benzene rings is 2. The molecule has 0 aliphatic heterocycles. The van der Waals surface area contributed by atoms with Crippen molar-refractivity contribution < 1.29 is 4.79 Å². The van der Waals surface area contributed by atoms with Crippen LogP contribution in [-0.4, -0.2) is 5.91 Å². The highest BCUT2D eigenvalue weighted by Gasteiger charge is 2.11.